The number of benzene rings is 1. The lowest BCUT2D eigenvalue weighted by Gasteiger charge is -2.13. The highest BCUT2D eigenvalue weighted by atomic mass is 32.2. The van der Waals surface area contributed by atoms with E-state index in [-0.39, 0.29) is 17.0 Å². The maximum absolute atomic E-state index is 13.0. The fourth-order valence-corrected chi connectivity index (χ4v) is 4.39. The van der Waals surface area contributed by atoms with Crippen molar-refractivity contribution in [2.75, 3.05) is 19.4 Å². The maximum atomic E-state index is 13.0. The molecular weight excluding hydrogens is 396 g/mol. The smallest absolute Gasteiger partial charge is 0.268 e. The van der Waals surface area contributed by atoms with Gasteiger partial charge in [0.15, 0.2) is 4.34 Å². The molecule has 0 saturated carbocycles. The van der Waals surface area contributed by atoms with E-state index in [9.17, 15) is 9.59 Å². The van der Waals surface area contributed by atoms with Gasteiger partial charge in [-0.25, -0.2) is 0 Å². The van der Waals surface area contributed by atoms with Crippen LogP contribution in [0.1, 0.15) is 20.9 Å². The van der Waals surface area contributed by atoms with E-state index in [1.54, 1.807) is 38.4 Å². The Morgan fingerprint density at radius 3 is 2.75 bits per heavy atom. The molecule has 0 unspecified atom stereocenters. The number of nitrogens with one attached hydrogen (secondary N) is 1. The van der Waals surface area contributed by atoms with Gasteiger partial charge in [-0.05, 0) is 37.6 Å². The molecule has 146 valence electrons. The van der Waals surface area contributed by atoms with E-state index in [0.717, 1.165) is 9.35 Å². The van der Waals surface area contributed by atoms with Crippen LogP contribution in [0.3, 0.4) is 0 Å². The Morgan fingerprint density at radius 2 is 2.04 bits per heavy atom. The third-order valence-corrected chi connectivity index (χ3v) is 5.97. The van der Waals surface area contributed by atoms with E-state index >= 15 is 0 Å². The molecule has 2 heterocycles. The highest BCUT2D eigenvalue weighted by molar-refractivity contribution is 8.01. The van der Waals surface area contributed by atoms with Crippen molar-refractivity contribution in [2.45, 2.75) is 18.2 Å². The van der Waals surface area contributed by atoms with Gasteiger partial charge in [0.05, 0.1) is 12.8 Å². The topological polar surface area (TPSA) is 86.1 Å². The minimum absolute atomic E-state index is 0.130. The molecule has 28 heavy (non-hydrogen) atoms. The number of thioether (sulfide) groups is 1. The van der Waals surface area contributed by atoms with Crippen molar-refractivity contribution in [3.05, 3.63) is 63.0 Å². The van der Waals surface area contributed by atoms with Crippen LogP contribution in [0.2, 0.25) is 0 Å². The van der Waals surface area contributed by atoms with Crippen molar-refractivity contribution in [1.29, 1.82) is 0 Å². The zero-order valence-electron chi connectivity index (χ0n) is 15.8. The normalized spacial score (nSPS) is 10.7. The van der Waals surface area contributed by atoms with Gasteiger partial charge >= 0.3 is 0 Å². The third kappa shape index (κ3) is 4.42. The lowest BCUT2D eigenvalue weighted by Crippen LogP contribution is -2.34. The zero-order valence-corrected chi connectivity index (χ0v) is 17.4. The number of aryl methyl sites for hydroxylation is 2. The van der Waals surface area contributed by atoms with E-state index < -0.39 is 0 Å². The van der Waals surface area contributed by atoms with E-state index in [1.165, 1.54) is 27.7 Å². The second-order valence-electron chi connectivity index (χ2n) is 5.91. The largest absolute Gasteiger partial charge is 0.495 e. The molecule has 0 fully saturated rings. The lowest BCUT2D eigenvalue weighted by atomic mass is 10.1. The number of para-hydroxylation sites is 2. The van der Waals surface area contributed by atoms with E-state index in [1.807, 2.05) is 19.1 Å². The monoisotopic (exact) mass is 416 g/mol. The minimum Gasteiger partial charge on any atom is -0.495 e. The number of pyridine rings is 1. The molecule has 7 nitrogen and oxygen atoms in total. The number of carbonyl (C=O) groups is 1. The molecule has 0 saturated heterocycles. The van der Waals surface area contributed by atoms with Crippen LogP contribution in [0.5, 0.6) is 5.75 Å². The molecule has 2 aromatic heterocycles. The first-order chi connectivity index (χ1) is 13.5. The molecule has 0 aliphatic heterocycles. The van der Waals surface area contributed by atoms with Crippen LogP contribution < -0.4 is 15.6 Å². The molecule has 0 aliphatic rings. The molecule has 0 radical (unpaired) electrons. The molecule has 0 spiro atoms. The molecular formula is C19H20N4O3S2. The van der Waals surface area contributed by atoms with Gasteiger partial charge in [0, 0.05) is 18.5 Å². The highest BCUT2D eigenvalue weighted by Crippen LogP contribution is 2.22. The van der Waals surface area contributed by atoms with Crippen molar-refractivity contribution in [3.8, 4) is 11.4 Å². The second kappa shape index (κ2) is 9.03. The first kappa shape index (κ1) is 20.1. The number of nitrogens with zero attached hydrogens (tertiary/aromatic N) is 3. The molecule has 9 heteroatoms. The van der Waals surface area contributed by atoms with Crippen LogP contribution in [0.4, 0.5) is 0 Å². The summed E-state index contributed by atoms with van der Waals surface area (Å²) in [5, 5.41) is 11.7. The number of methoxy groups -OCH3 is 1. The molecule has 0 atom stereocenters. The predicted octanol–water partition coefficient (Wildman–Crippen LogP) is 2.84. The first-order valence-corrected chi connectivity index (χ1v) is 10.4. The van der Waals surface area contributed by atoms with Crippen LogP contribution >= 0.6 is 23.1 Å². The van der Waals surface area contributed by atoms with Crippen LogP contribution in [0.15, 0.2) is 45.7 Å². The van der Waals surface area contributed by atoms with Crippen molar-refractivity contribution in [3.63, 3.8) is 0 Å². The summed E-state index contributed by atoms with van der Waals surface area (Å²) in [4.78, 5) is 25.6. The summed E-state index contributed by atoms with van der Waals surface area (Å²) >= 11 is 3.04. The van der Waals surface area contributed by atoms with Crippen molar-refractivity contribution >= 4 is 29.0 Å². The molecule has 1 amide bonds. The summed E-state index contributed by atoms with van der Waals surface area (Å²) < 4.78 is 7.63. The molecule has 0 aliphatic carbocycles. The fraction of sp³-hybridized carbons (Fsp3) is 0.263. The van der Waals surface area contributed by atoms with Crippen molar-refractivity contribution in [2.24, 2.45) is 0 Å². The summed E-state index contributed by atoms with van der Waals surface area (Å²) in [6.45, 7) is 4.07. The average Bonchev–Trinajstić information content (AvgIpc) is 3.10. The average molecular weight is 417 g/mol. The number of amides is 1. The van der Waals surface area contributed by atoms with Gasteiger partial charge in [0.1, 0.15) is 16.3 Å². The number of aromatic nitrogens is 3. The van der Waals surface area contributed by atoms with Crippen molar-refractivity contribution in [1.82, 2.24) is 20.1 Å². The van der Waals surface area contributed by atoms with Crippen LogP contribution in [-0.4, -0.2) is 40.1 Å². The van der Waals surface area contributed by atoms with E-state index in [0.29, 0.717) is 29.3 Å². The lowest BCUT2D eigenvalue weighted by molar-refractivity contribution is 0.0953. The summed E-state index contributed by atoms with van der Waals surface area (Å²) in [5.74, 6) is 0.816. The van der Waals surface area contributed by atoms with Crippen LogP contribution in [0, 0.1) is 13.8 Å². The van der Waals surface area contributed by atoms with Gasteiger partial charge in [0.2, 0.25) is 0 Å². The summed E-state index contributed by atoms with van der Waals surface area (Å²) in [6, 6.07) is 8.94. The van der Waals surface area contributed by atoms with E-state index in [4.69, 9.17) is 4.74 Å². The molecule has 1 N–H and O–H groups in total. The van der Waals surface area contributed by atoms with Crippen LogP contribution in [0.25, 0.3) is 5.69 Å². The molecule has 0 bridgehead atoms. The number of hydrogen-bond acceptors (Lipinski definition) is 7. The van der Waals surface area contributed by atoms with Gasteiger partial charge < -0.3 is 10.1 Å². The number of rotatable bonds is 7. The first-order valence-electron chi connectivity index (χ1n) is 8.58. The van der Waals surface area contributed by atoms with Gasteiger partial charge in [-0.2, -0.15) is 0 Å². The third-order valence-electron chi connectivity index (χ3n) is 3.99. The zero-order chi connectivity index (χ0) is 20.1. The predicted molar refractivity (Wildman–Crippen MR) is 111 cm³/mol. The quantitative estimate of drug-likeness (QED) is 0.471. The van der Waals surface area contributed by atoms with Crippen molar-refractivity contribution < 1.29 is 9.53 Å². The highest BCUT2D eigenvalue weighted by Gasteiger charge is 2.17. The Kier molecular flexibility index (Phi) is 6.48. The number of ether oxygens (including phenoxy) is 1. The summed E-state index contributed by atoms with van der Waals surface area (Å²) in [5.41, 5.74) is 0.965. The van der Waals surface area contributed by atoms with Crippen LogP contribution in [-0.2, 0) is 0 Å². The Hall–Kier alpha value is -2.65. The van der Waals surface area contributed by atoms with Gasteiger partial charge in [-0.1, -0.05) is 35.2 Å². The number of carbonyl (C=O) groups excluding carboxylic acids is 1. The Bertz CT molecular complexity index is 1050. The fourth-order valence-electron chi connectivity index (χ4n) is 2.65. The van der Waals surface area contributed by atoms with E-state index in [2.05, 4.69) is 15.5 Å². The van der Waals surface area contributed by atoms with Gasteiger partial charge in [-0.15, -0.1) is 10.2 Å². The second-order valence-corrected chi connectivity index (χ2v) is 8.44. The van der Waals surface area contributed by atoms with Gasteiger partial charge in [0.25, 0.3) is 11.5 Å². The number of hydrogen-bond donors (Lipinski definition) is 1. The maximum Gasteiger partial charge on any atom is 0.268 e. The molecule has 1 aromatic carbocycles. The Morgan fingerprint density at radius 1 is 1.25 bits per heavy atom. The Labute approximate surface area is 170 Å². The standard InChI is InChI=1S/C19H20N4O3S2/c1-12-8-10-23(14-6-4-5-7-15(14)26-3)18(25)16(12)17(24)20-9-11-27-19-22-21-13(2)28-19/h4-8,10H,9,11H2,1-3H3,(H,20,24). The molecule has 3 aromatic rings. The SMILES string of the molecule is COc1ccccc1-n1ccc(C)c(C(=O)NCCSc2nnc(C)s2)c1=O. The van der Waals surface area contributed by atoms with Gasteiger partial charge in [-0.3, -0.25) is 14.2 Å². The Balaban J connectivity index is 1.75. The summed E-state index contributed by atoms with van der Waals surface area (Å²) in [6.07, 6.45) is 1.65. The molecule has 3 rings (SSSR count). The minimum atomic E-state index is -0.388. The summed E-state index contributed by atoms with van der Waals surface area (Å²) in [7, 11) is 1.54.